The van der Waals surface area contributed by atoms with Gasteiger partial charge in [-0.3, -0.25) is 0 Å². The van der Waals surface area contributed by atoms with Crippen molar-refractivity contribution >= 4 is 151 Å². The summed E-state index contributed by atoms with van der Waals surface area (Å²) in [6.07, 6.45) is 86.6. The number of epoxide rings is 1. The molecule has 14 saturated carbocycles. The Labute approximate surface area is 934 Å². The van der Waals surface area contributed by atoms with Gasteiger partial charge in [0.25, 0.3) is 0 Å². The van der Waals surface area contributed by atoms with Gasteiger partial charge in [-0.05, 0) is 405 Å². The molecule has 3 nitrogen and oxygen atoms in total. The molecule has 15 fully saturated rings. The number of alkyl halides is 10. The molecule has 1 N–H and O–H groups in total. The Balaban J connectivity index is 0.000000178. The zero-order valence-corrected chi connectivity index (χ0v) is 105. The van der Waals surface area contributed by atoms with E-state index < -0.39 is 19.9 Å². The summed E-state index contributed by atoms with van der Waals surface area (Å²) in [5.74, 6) is 17.8. The van der Waals surface area contributed by atoms with Crippen LogP contribution in [0.25, 0.3) is 0 Å². The molecule has 15 heteroatoms. The maximum atomic E-state index is 14.6. The second-order valence-corrected chi connectivity index (χ2v) is 59.7. The predicted molar refractivity (Wildman–Crippen MR) is 627 cm³/mol. The van der Waals surface area contributed by atoms with Crippen molar-refractivity contribution in [2.45, 2.75) is 480 Å². The average Bonchev–Trinajstić information content (AvgIpc) is 1.62. The summed E-state index contributed by atoms with van der Waals surface area (Å²) >= 11 is 30.1. The van der Waals surface area contributed by atoms with Crippen LogP contribution in [0.2, 0.25) is 0 Å². The maximum Gasteiger partial charge on any atom is 0.358 e. The van der Waals surface area contributed by atoms with E-state index in [0.29, 0.717) is 59.1 Å². The summed E-state index contributed by atoms with van der Waals surface area (Å²) < 4.78 is 40.5. The van der Waals surface area contributed by atoms with Gasteiger partial charge >= 0.3 is 6.11 Å². The second-order valence-electron chi connectivity index (χ2n) is 48.2. The number of benzene rings is 3. The van der Waals surface area contributed by atoms with E-state index in [2.05, 4.69) is 317 Å². The van der Waals surface area contributed by atoms with Crippen molar-refractivity contribution < 1.29 is 42.8 Å². The van der Waals surface area contributed by atoms with Gasteiger partial charge in [-0.1, -0.05) is 420 Å². The van der Waals surface area contributed by atoms with Gasteiger partial charge in [0.2, 0.25) is 0 Å². The number of hydrogen-bond acceptors (Lipinski definition) is 3. The maximum absolute atomic E-state index is 14.6. The molecule has 0 aromatic heterocycles. The summed E-state index contributed by atoms with van der Waals surface area (Å²) in [5, 5.41) is 14.2. The number of hydrogen-bond donors (Lipinski definition) is 1. The summed E-state index contributed by atoms with van der Waals surface area (Å²) in [6, 6.07) is 32.3. The summed E-state index contributed by atoms with van der Waals surface area (Å²) in [5.41, 5.74) is 0. The summed E-state index contributed by atoms with van der Waals surface area (Å²) in [4.78, 5) is 5.24. The fourth-order valence-electron chi connectivity index (χ4n) is 25.1. The molecule has 0 spiro atoms. The first-order chi connectivity index (χ1) is 66.6. The second kappa shape index (κ2) is 69.3. The van der Waals surface area contributed by atoms with Crippen molar-refractivity contribution in [3.8, 4) is 0 Å². The van der Waals surface area contributed by atoms with Crippen molar-refractivity contribution in [2.24, 2.45) is 130 Å². The number of aliphatic hydroxyl groups is 1. The molecule has 2 unspecified atom stereocenters. The van der Waals surface area contributed by atoms with E-state index in [9.17, 15) is 8.78 Å². The van der Waals surface area contributed by atoms with Crippen LogP contribution in [0.4, 0.5) is 8.78 Å². The first-order valence-corrected chi connectivity index (χ1v) is 66.8. The normalized spacial score (nSPS) is 37.1. The first kappa shape index (κ1) is 124. The number of ether oxygens (including phenoxy) is 2. The molecule has 15 aliphatic rings. The van der Waals surface area contributed by atoms with Crippen molar-refractivity contribution in [3.63, 3.8) is 0 Å². The van der Waals surface area contributed by atoms with Crippen molar-refractivity contribution in [1.82, 2.24) is 0 Å². The first-order valence-electron chi connectivity index (χ1n) is 58.0. The Bertz CT molecular complexity index is 3330. The molecule has 0 radical (unpaired) electrons. The van der Waals surface area contributed by atoms with Gasteiger partial charge in [0.05, 0.1) is 24.2 Å². The molecular weight excluding hydrogens is 2310 g/mol. The minimum atomic E-state index is -2.93. The van der Waals surface area contributed by atoms with Crippen molar-refractivity contribution in [3.05, 3.63) is 127 Å². The molecule has 788 valence electrons. The molecule has 139 heavy (non-hydrogen) atoms. The average molecular weight is 2510 g/mol. The van der Waals surface area contributed by atoms with E-state index in [-0.39, 0.29) is 25.6 Å². The van der Waals surface area contributed by atoms with E-state index >= 15 is 0 Å². The Hall–Kier alpha value is 1.51. The minimum Gasteiger partial charge on any atom is -0.396 e. The number of aliphatic hydroxyl groups excluding tert-OH is 1. The molecule has 0 bridgehead atoms. The summed E-state index contributed by atoms with van der Waals surface area (Å²) in [6.45, 7) is 21.6. The third kappa shape index (κ3) is 48.4. The van der Waals surface area contributed by atoms with Gasteiger partial charge in [0.1, 0.15) is 0 Å². The fraction of sp³-hybridized carbons (Fsp3) is 0.806. The minimum absolute atomic E-state index is 0. The predicted octanol–water partition coefficient (Wildman–Crippen LogP) is 40.3. The molecule has 1 aliphatic heterocycles. The van der Waals surface area contributed by atoms with Gasteiger partial charge in [0.15, 0.2) is 0 Å². The van der Waals surface area contributed by atoms with E-state index in [1.807, 2.05) is 0 Å². The molecule has 3 aromatic carbocycles. The third-order valence-corrected chi connectivity index (χ3v) is 47.3. The number of rotatable bonds is 19. The van der Waals surface area contributed by atoms with Gasteiger partial charge < -0.3 is 14.6 Å². The van der Waals surface area contributed by atoms with E-state index in [0.717, 1.165) is 169 Å². The topological polar surface area (TPSA) is 42.0 Å². The van der Waals surface area contributed by atoms with Crippen LogP contribution in [0.1, 0.15) is 422 Å². The van der Waals surface area contributed by atoms with Crippen molar-refractivity contribution in [2.75, 3.05) is 11.9 Å². The van der Waals surface area contributed by atoms with E-state index in [1.165, 1.54) is 329 Å². The van der Waals surface area contributed by atoms with Crippen LogP contribution in [0.15, 0.2) is 127 Å². The van der Waals surface area contributed by atoms with Crippen LogP contribution in [0.5, 0.6) is 0 Å². The van der Waals surface area contributed by atoms with Crippen LogP contribution < -0.4 is 15.9 Å². The quantitative estimate of drug-likeness (QED) is 0.0428. The Morgan fingerprint density at radius 3 is 0.820 bits per heavy atom. The molecule has 4 atom stereocenters. The van der Waals surface area contributed by atoms with Crippen LogP contribution in [-0.2, 0) is 29.0 Å². The van der Waals surface area contributed by atoms with Gasteiger partial charge in [-0.2, -0.15) is 8.78 Å². The summed E-state index contributed by atoms with van der Waals surface area (Å²) in [7, 11) is -0.446. The Kier molecular flexibility index (Phi) is 61.8. The molecule has 14 aliphatic carbocycles. The zero-order valence-electron chi connectivity index (χ0n) is 88.8. The molecule has 1 heterocycles. The van der Waals surface area contributed by atoms with Gasteiger partial charge in [0, 0.05) is 65.2 Å². The molecule has 18 rings (SSSR count). The molecule has 3 aromatic rings. The molecule has 1 saturated heterocycles. The van der Waals surface area contributed by atoms with Crippen LogP contribution >= 0.6 is 135 Å². The van der Waals surface area contributed by atoms with Crippen LogP contribution in [-0.4, -0.2) is 75.3 Å². The van der Waals surface area contributed by atoms with Crippen LogP contribution in [0.3, 0.4) is 0 Å². The fourth-order valence-corrected chi connectivity index (χ4v) is 32.6. The zero-order chi connectivity index (χ0) is 98.6. The monoisotopic (exact) mass is 2500 g/mol. The Morgan fingerprint density at radius 1 is 0.309 bits per heavy atom. The standard InChI is InChI=1S/C23H38F2O.C18H15P.C15H25Br3.C15H25BrO.2C15H25Br.C8H15Br.C8H16.C7H13BrO.Zn/c1-17-3-7-19(8-4-17)9-10-20-11-13-21(14-12-20)23(24,25)26-22-15-5-18(2)6-16-22;1-4-10-16(11-5-1)19(17-12-6-2-7-13-17)18-14-8-3-9-15-18;1-10-2-4-11(5-3-10)14(17)15(18)12-6-8-13(16)9-7-12;1-10-2-4-11(5-3-10)14-15(17-14)12-6-8-13(16)9-7-12;2*1-12-2-4-13(5-3-12)6-7-14-8-10-15(16)11-9-14;1-7-2-4-8(6-9)5-3-7;1-7-3-5-8(2)6-4-7;8-7-3-1-6(5-9)2-4-7;/h9-10,17-22H,3-8,11-16H2,1-2H3;1-15H;10-15H,2-9H2,1H3;10-15H,2-9H2,1H3;2*6-7,12-15H,2-5,8-11H2,1H3;7-8H,2-6H2,1H3;7-8H,3-6H2,1-2H3;6-7,9H,1-5H2;/b10-9+;;;;7-6+;;;;;/t;;10?,11?,12?,13?,14-,15+;;;;;;;/m..1......./s1. The number of allylic oxidation sites excluding steroid dienone is 6. The van der Waals surface area contributed by atoms with E-state index in [4.69, 9.17) is 14.6 Å². The van der Waals surface area contributed by atoms with E-state index in [1.54, 1.807) is 0 Å². The van der Waals surface area contributed by atoms with Crippen molar-refractivity contribution in [1.29, 1.82) is 0 Å². The molecule has 0 amide bonds. The Morgan fingerprint density at radius 2 is 0.525 bits per heavy atom. The smallest absolute Gasteiger partial charge is 0.358 e. The SMILES string of the molecule is CC1CCC(/C=C/C2CCC(Br)CC2)CC1.CC1CCC(/C=C/C2CCC(C(F)(F)OC3CCC(C)CC3)CC2)CC1.CC1CCC(C)CC1.CC1CCC(C2OC2C2CCC(Br)CC2)CC1.CC1CCC(C=CC2CCC(Br)CC2)CC1.CC1CCC(CBr)CC1.CC1CCC([C@@H](Br)[C@@H](Br)C2CCC(Br)CC2)CC1.OCC1CCC(Br)CC1.[Zn].c1ccc(P(c2ccccc2)c2ccccc2)cc1. The largest absolute Gasteiger partial charge is 0.396 e. The van der Waals surface area contributed by atoms with Gasteiger partial charge in [-0.15, -0.1) is 0 Å². The van der Waals surface area contributed by atoms with Gasteiger partial charge in [-0.25, -0.2) is 0 Å². The third-order valence-electron chi connectivity index (χ3n) is 36.0. The number of halogens is 10. The molecular formula is C124H197Br8F2O3PZn. The van der Waals surface area contributed by atoms with Crippen LogP contribution in [0, 0.1) is 130 Å².